The van der Waals surface area contributed by atoms with Gasteiger partial charge in [0.15, 0.2) is 11.4 Å². The molecule has 0 unspecified atom stereocenters. The van der Waals surface area contributed by atoms with Crippen LogP contribution in [-0.2, 0) is 4.74 Å². The Morgan fingerprint density at radius 3 is 2.58 bits per heavy atom. The molecule has 0 bridgehead atoms. The van der Waals surface area contributed by atoms with Crippen molar-refractivity contribution in [3.05, 3.63) is 52.3 Å². The monoisotopic (exact) mass is 393 g/mol. The summed E-state index contributed by atoms with van der Waals surface area (Å²) >= 11 is 3.26. The molecule has 0 fully saturated rings. The van der Waals surface area contributed by atoms with Gasteiger partial charge in [0.1, 0.15) is 5.75 Å². The van der Waals surface area contributed by atoms with Gasteiger partial charge >= 0.3 is 11.9 Å². The second-order valence-corrected chi connectivity index (χ2v) is 5.99. The summed E-state index contributed by atoms with van der Waals surface area (Å²) in [5, 5.41) is 0. The van der Waals surface area contributed by atoms with E-state index in [1.165, 1.54) is 19.4 Å². The Morgan fingerprint density at radius 2 is 1.92 bits per heavy atom. The van der Waals surface area contributed by atoms with E-state index in [0.717, 1.165) is 0 Å². The fraction of sp³-hybridized carbons (Fsp3) is 0.235. The zero-order chi connectivity index (χ0) is 17.7. The van der Waals surface area contributed by atoms with Gasteiger partial charge < -0.3 is 14.2 Å². The zero-order valence-electron chi connectivity index (χ0n) is 13.4. The molecule has 1 aromatic carbocycles. The van der Waals surface area contributed by atoms with Gasteiger partial charge in [-0.05, 0) is 44.2 Å². The Balaban J connectivity index is 2.27. The molecule has 0 N–H and O–H groups in total. The molecule has 0 aliphatic heterocycles. The summed E-state index contributed by atoms with van der Waals surface area (Å²) in [7, 11) is 1.28. The molecule has 0 spiro atoms. The number of esters is 2. The van der Waals surface area contributed by atoms with Gasteiger partial charge in [-0.25, -0.2) is 14.6 Å². The van der Waals surface area contributed by atoms with Crippen LogP contribution in [0.5, 0.6) is 11.5 Å². The maximum atomic E-state index is 12.4. The zero-order valence-corrected chi connectivity index (χ0v) is 15.0. The third-order valence-electron chi connectivity index (χ3n) is 2.83. The van der Waals surface area contributed by atoms with E-state index < -0.39 is 11.9 Å². The standard InChI is InChI=1S/C17H16BrNO5/c1-10(2)23-14-5-4-6-19-15(14)17(21)24-13-8-11(16(20)22-3)7-12(18)9-13/h4-10H,1-3H3. The number of carbonyl (C=O) groups is 2. The van der Waals surface area contributed by atoms with Crippen LogP contribution in [0.2, 0.25) is 0 Å². The average Bonchev–Trinajstić information content (AvgIpc) is 2.53. The predicted octanol–water partition coefficient (Wildman–Crippen LogP) is 3.64. The number of rotatable bonds is 5. The van der Waals surface area contributed by atoms with Crippen LogP contribution in [-0.4, -0.2) is 30.1 Å². The van der Waals surface area contributed by atoms with E-state index >= 15 is 0 Å². The van der Waals surface area contributed by atoms with Gasteiger partial charge in [0.05, 0.1) is 18.8 Å². The highest BCUT2D eigenvalue weighted by Gasteiger charge is 2.18. The smallest absolute Gasteiger partial charge is 0.366 e. The van der Waals surface area contributed by atoms with E-state index in [9.17, 15) is 9.59 Å². The number of hydrogen-bond donors (Lipinski definition) is 0. The fourth-order valence-corrected chi connectivity index (χ4v) is 2.38. The third kappa shape index (κ3) is 4.55. The highest BCUT2D eigenvalue weighted by molar-refractivity contribution is 9.10. The molecule has 0 atom stereocenters. The molecule has 7 heteroatoms. The van der Waals surface area contributed by atoms with Crippen LogP contribution in [0.25, 0.3) is 0 Å². The first-order chi connectivity index (χ1) is 11.4. The van der Waals surface area contributed by atoms with E-state index in [1.54, 1.807) is 24.3 Å². The van der Waals surface area contributed by atoms with Gasteiger partial charge in [-0.1, -0.05) is 15.9 Å². The number of ether oxygens (including phenoxy) is 3. The van der Waals surface area contributed by atoms with Crippen LogP contribution in [0.1, 0.15) is 34.7 Å². The topological polar surface area (TPSA) is 74.7 Å². The van der Waals surface area contributed by atoms with Crippen molar-refractivity contribution < 1.29 is 23.8 Å². The van der Waals surface area contributed by atoms with E-state index in [1.807, 2.05) is 13.8 Å². The van der Waals surface area contributed by atoms with Gasteiger partial charge in [-0.2, -0.15) is 0 Å². The molecule has 1 aromatic heterocycles. The number of nitrogens with zero attached hydrogens (tertiary/aromatic N) is 1. The summed E-state index contributed by atoms with van der Waals surface area (Å²) in [6.07, 6.45) is 1.36. The van der Waals surface area contributed by atoms with Crippen LogP contribution < -0.4 is 9.47 Å². The van der Waals surface area contributed by atoms with E-state index in [0.29, 0.717) is 10.2 Å². The molecule has 0 saturated heterocycles. The Morgan fingerprint density at radius 1 is 1.17 bits per heavy atom. The minimum absolute atomic E-state index is 0.0609. The van der Waals surface area contributed by atoms with Gasteiger partial charge in [0.25, 0.3) is 0 Å². The van der Waals surface area contributed by atoms with E-state index in [4.69, 9.17) is 9.47 Å². The molecule has 0 aliphatic rings. The fourth-order valence-electron chi connectivity index (χ4n) is 1.91. The highest BCUT2D eigenvalue weighted by atomic mass is 79.9. The lowest BCUT2D eigenvalue weighted by atomic mass is 10.2. The molecule has 2 rings (SSSR count). The normalized spacial score (nSPS) is 10.4. The first kappa shape index (κ1) is 17.9. The lowest BCUT2D eigenvalue weighted by molar-refractivity contribution is 0.0597. The van der Waals surface area contributed by atoms with Crippen molar-refractivity contribution >= 4 is 27.9 Å². The second kappa shape index (κ2) is 7.92. The molecule has 0 aliphatic carbocycles. The number of methoxy groups -OCH3 is 1. The Labute approximate surface area is 147 Å². The summed E-state index contributed by atoms with van der Waals surface area (Å²) in [6.45, 7) is 3.69. The van der Waals surface area contributed by atoms with Gasteiger partial charge in [0, 0.05) is 10.7 Å². The average molecular weight is 394 g/mol. The van der Waals surface area contributed by atoms with Crippen LogP contribution in [0.3, 0.4) is 0 Å². The van der Waals surface area contributed by atoms with Crippen molar-refractivity contribution in [3.63, 3.8) is 0 Å². The summed E-state index contributed by atoms with van der Waals surface area (Å²) < 4.78 is 16.1. The second-order valence-electron chi connectivity index (χ2n) is 5.07. The van der Waals surface area contributed by atoms with Crippen molar-refractivity contribution in [1.82, 2.24) is 4.98 Å². The third-order valence-corrected chi connectivity index (χ3v) is 3.29. The maximum Gasteiger partial charge on any atom is 0.366 e. The highest BCUT2D eigenvalue weighted by Crippen LogP contribution is 2.24. The Bertz CT molecular complexity index is 760. The van der Waals surface area contributed by atoms with E-state index in [2.05, 4.69) is 25.7 Å². The number of aromatic nitrogens is 1. The van der Waals surface area contributed by atoms with Gasteiger partial charge in [-0.15, -0.1) is 0 Å². The summed E-state index contributed by atoms with van der Waals surface area (Å²) in [5.74, 6) is -0.688. The van der Waals surface area contributed by atoms with Crippen LogP contribution >= 0.6 is 15.9 Å². The SMILES string of the molecule is COC(=O)c1cc(Br)cc(OC(=O)c2ncccc2OC(C)C)c1. The lowest BCUT2D eigenvalue weighted by Crippen LogP contribution is -2.15. The van der Waals surface area contributed by atoms with Gasteiger partial charge in [0.2, 0.25) is 0 Å². The van der Waals surface area contributed by atoms with Crippen LogP contribution in [0, 0.1) is 0 Å². The summed E-state index contributed by atoms with van der Waals surface area (Å²) in [4.78, 5) is 28.0. The number of halogens is 1. The molecular weight excluding hydrogens is 378 g/mol. The number of benzene rings is 1. The molecule has 0 radical (unpaired) electrons. The molecule has 126 valence electrons. The quantitative estimate of drug-likeness (QED) is 0.570. The number of hydrogen-bond acceptors (Lipinski definition) is 6. The lowest BCUT2D eigenvalue weighted by Gasteiger charge is -2.13. The van der Waals surface area contributed by atoms with Crippen molar-refractivity contribution in [3.8, 4) is 11.5 Å². The Kier molecular flexibility index (Phi) is 5.92. The summed E-state index contributed by atoms with van der Waals surface area (Å²) in [6, 6.07) is 7.86. The van der Waals surface area contributed by atoms with Crippen LogP contribution in [0.4, 0.5) is 0 Å². The predicted molar refractivity (Wildman–Crippen MR) is 90.4 cm³/mol. The minimum Gasteiger partial charge on any atom is -0.488 e. The maximum absolute atomic E-state index is 12.4. The Hall–Kier alpha value is -2.41. The first-order valence-electron chi connectivity index (χ1n) is 7.13. The van der Waals surface area contributed by atoms with Crippen LogP contribution in [0.15, 0.2) is 41.0 Å². The van der Waals surface area contributed by atoms with Crippen molar-refractivity contribution in [2.24, 2.45) is 0 Å². The van der Waals surface area contributed by atoms with Gasteiger partial charge in [-0.3, -0.25) is 0 Å². The van der Waals surface area contributed by atoms with E-state index in [-0.39, 0.29) is 23.1 Å². The summed E-state index contributed by atoms with van der Waals surface area (Å²) in [5.41, 5.74) is 0.320. The molecule has 24 heavy (non-hydrogen) atoms. The molecule has 6 nitrogen and oxygen atoms in total. The number of carbonyl (C=O) groups excluding carboxylic acids is 2. The molecule has 1 heterocycles. The molecule has 0 saturated carbocycles. The molecular formula is C17H16BrNO5. The van der Waals surface area contributed by atoms with Crippen molar-refractivity contribution in [2.75, 3.05) is 7.11 Å². The molecule has 2 aromatic rings. The molecule has 0 amide bonds. The number of pyridine rings is 1. The first-order valence-corrected chi connectivity index (χ1v) is 7.92. The van der Waals surface area contributed by atoms with Crippen molar-refractivity contribution in [1.29, 1.82) is 0 Å². The minimum atomic E-state index is -0.680. The van der Waals surface area contributed by atoms with Crippen molar-refractivity contribution in [2.45, 2.75) is 20.0 Å². The largest absolute Gasteiger partial charge is 0.488 e.